The Bertz CT molecular complexity index is 1360. The maximum absolute atomic E-state index is 14.2. The van der Waals surface area contributed by atoms with Crippen LogP contribution in [0.3, 0.4) is 0 Å². The lowest BCUT2D eigenvalue weighted by Crippen LogP contribution is -2.42. The molecule has 0 saturated carbocycles. The first-order chi connectivity index (χ1) is 15.9. The Morgan fingerprint density at radius 1 is 1.09 bits per heavy atom. The van der Waals surface area contributed by atoms with Gasteiger partial charge in [0, 0.05) is 23.1 Å². The summed E-state index contributed by atoms with van der Waals surface area (Å²) >= 11 is 0. The fraction of sp³-hybridized carbons (Fsp3) is 0.269. The summed E-state index contributed by atoms with van der Waals surface area (Å²) in [6.45, 7) is 7.06. The Balaban J connectivity index is 1.42. The number of benzene rings is 2. The Kier molecular flexibility index (Phi) is 5.42. The topological polar surface area (TPSA) is 68.5 Å². The average molecular weight is 445 g/mol. The van der Waals surface area contributed by atoms with Gasteiger partial charge >= 0.3 is 0 Å². The standard InChI is InChI=1S/C26H24FN3O3/c1-15-8-9-18-17(3)25(33-24(18)16(15)2)26(31)30-10-11-32-23(14-30)22-13-28-12-21(29-22)19-6-4-5-7-20(19)27/h4-9,12-13,23H,10-11,14H2,1-3H3. The minimum Gasteiger partial charge on any atom is -0.450 e. The predicted octanol–water partition coefficient (Wildman–Crippen LogP) is 5.17. The molecular formula is C26H24FN3O3. The van der Waals surface area contributed by atoms with E-state index in [-0.39, 0.29) is 11.7 Å². The molecule has 33 heavy (non-hydrogen) atoms. The molecule has 168 valence electrons. The molecule has 6 nitrogen and oxygen atoms in total. The summed E-state index contributed by atoms with van der Waals surface area (Å²) in [5.41, 5.74) is 5.10. The van der Waals surface area contributed by atoms with E-state index in [0.717, 1.165) is 27.7 Å². The molecule has 1 unspecified atom stereocenters. The zero-order valence-electron chi connectivity index (χ0n) is 18.8. The summed E-state index contributed by atoms with van der Waals surface area (Å²) in [6, 6.07) is 10.5. The lowest BCUT2D eigenvalue weighted by molar-refractivity contribution is -0.0257. The molecular weight excluding hydrogens is 421 g/mol. The van der Waals surface area contributed by atoms with Crippen molar-refractivity contribution in [2.75, 3.05) is 19.7 Å². The van der Waals surface area contributed by atoms with Gasteiger partial charge in [-0.2, -0.15) is 0 Å². The third-order valence-corrected chi connectivity index (χ3v) is 6.31. The number of fused-ring (bicyclic) bond motifs is 1. The Hall–Kier alpha value is -3.58. The lowest BCUT2D eigenvalue weighted by atomic mass is 10.0. The van der Waals surface area contributed by atoms with Crippen molar-refractivity contribution in [3.05, 3.63) is 82.8 Å². The summed E-state index contributed by atoms with van der Waals surface area (Å²) in [7, 11) is 0. The van der Waals surface area contributed by atoms with Crippen LogP contribution in [0.1, 0.15) is 39.0 Å². The molecule has 7 heteroatoms. The average Bonchev–Trinajstić information content (AvgIpc) is 3.18. The fourth-order valence-corrected chi connectivity index (χ4v) is 4.21. The second-order valence-electron chi connectivity index (χ2n) is 8.36. The van der Waals surface area contributed by atoms with Crippen molar-refractivity contribution in [3.8, 4) is 11.3 Å². The molecule has 0 N–H and O–H groups in total. The summed E-state index contributed by atoms with van der Waals surface area (Å²) in [5, 5.41) is 0.953. The molecule has 2 aromatic carbocycles. The van der Waals surface area contributed by atoms with Crippen LogP contribution in [0, 0.1) is 26.6 Å². The number of aromatic nitrogens is 2. The maximum atomic E-state index is 14.2. The normalized spacial score (nSPS) is 16.4. The number of amides is 1. The number of morpholine rings is 1. The first kappa shape index (κ1) is 21.3. The Morgan fingerprint density at radius 2 is 1.91 bits per heavy atom. The van der Waals surface area contributed by atoms with Crippen molar-refractivity contribution in [3.63, 3.8) is 0 Å². The molecule has 5 rings (SSSR count). The minimum atomic E-state index is -0.462. The zero-order valence-corrected chi connectivity index (χ0v) is 18.8. The van der Waals surface area contributed by atoms with E-state index in [1.54, 1.807) is 29.3 Å². The van der Waals surface area contributed by atoms with Crippen LogP contribution in [0.5, 0.6) is 0 Å². The van der Waals surface area contributed by atoms with Gasteiger partial charge in [-0.3, -0.25) is 9.78 Å². The minimum absolute atomic E-state index is 0.174. The maximum Gasteiger partial charge on any atom is 0.290 e. The highest BCUT2D eigenvalue weighted by atomic mass is 19.1. The smallest absolute Gasteiger partial charge is 0.290 e. The van der Waals surface area contributed by atoms with Gasteiger partial charge in [0.15, 0.2) is 5.76 Å². The van der Waals surface area contributed by atoms with Gasteiger partial charge in [-0.25, -0.2) is 9.37 Å². The SMILES string of the molecule is Cc1ccc2c(C)c(C(=O)N3CCOC(c4cncc(-c5ccccc5F)n4)C3)oc2c1C. The van der Waals surface area contributed by atoms with E-state index in [2.05, 4.69) is 9.97 Å². The number of hydrogen-bond donors (Lipinski definition) is 0. The van der Waals surface area contributed by atoms with E-state index in [4.69, 9.17) is 9.15 Å². The van der Waals surface area contributed by atoms with E-state index in [1.165, 1.54) is 12.3 Å². The largest absolute Gasteiger partial charge is 0.450 e. The first-order valence-corrected chi connectivity index (χ1v) is 10.9. The van der Waals surface area contributed by atoms with Crippen molar-refractivity contribution in [2.45, 2.75) is 26.9 Å². The van der Waals surface area contributed by atoms with Crippen LogP contribution < -0.4 is 0 Å². The van der Waals surface area contributed by atoms with Crippen molar-refractivity contribution >= 4 is 16.9 Å². The molecule has 0 spiro atoms. The van der Waals surface area contributed by atoms with Crippen molar-refractivity contribution in [1.29, 1.82) is 0 Å². The number of rotatable bonds is 3. The van der Waals surface area contributed by atoms with Gasteiger partial charge in [-0.15, -0.1) is 0 Å². The van der Waals surface area contributed by atoms with Gasteiger partial charge in [-0.05, 0) is 44.0 Å². The number of halogens is 1. The third-order valence-electron chi connectivity index (χ3n) is 6.31. The summed E-state index contributed by atoms with van der Waals surface area (Å²) in [4.78, 5) is 23.9. The lowest BCUT2D eigenvalue weighted by Gasteiger charge is -2.32. The van der Waals surface area contributed by atoms with E-state index >= 15 is 0 Å². The molecule has 0 radical (unpaired) electrons. The van der Waals surface area contributed by atoms with Gasteiger partial charge < -0.3 is 14.1 Å². The number of carbonyl (C=O) groups is 1. The number of furan rings is 1. The zero-order chi connectivity index (χ0) is 23.1. The monoisotopic (exact) mass is 445 g/mol. The van der Waals surface area contributed by atoms with Crippen LogP contribution in [0.2, 0.25) is 0 Å². The van der Waals surface area contributed by atoms with Crippen LogP contribution in [0.4, 0.5) is 4.39 Å². The van der Waals surface area contributed by atoms with Gasteiger partial charge in [0.25, 0.3) is 5.91 Å². The molecule has 1 amide bonds. The quantitative estimate of drug-likeness (QED) is 0.435. The van der Waals surface area contributed by atoms with E-state index in [1.807, 2.05) is 32.9 Å². The van der Waals surface area contributed by atoms with Gasteiger partial charge in [0.05, 0.1) is 36.9 Å². The predicted molar refractivity (Wildman–Crippen MR) is 122 cm³/mol. The molecule has 1 aliphatic rings. The molecule has 0 aliphatic carbocycles. The fourth-order valence-electron chi connectivity index (χ4n) is 4.21. The molecule has 3 heterocycles. The summed E-state index contributed by atoms with van der Waals surface area (Å²) in [6.07, 6.45) is 2.66. The number of aryl methyl sites for hydroxylation is 3. The highest BCUT2D eigenvalue weighted by molar-refractivity contribution is 5.99. The number of ether oxygens (including phenoxy) is 1. The first-order valence-electron chi connectivity index (χ1n) is 10.9. The number of hydrogen-bond acceptors (Lipinski definition) is 5. The van der Waals surface area contributed by atoms with E-state index in [0.29, 0.717) is 42.4 Å². The van der Waals surface area contributed by atoms with Crippen LogP contribution in [-0.2, 0) is 4.74 Å². The van der Waals surface area contributed by atoms with Crippen molar-refractivity contribution in [2.24, 2.45) is 0 Å². The summed E-state index contributed by atoms with van der Waals surface area (Å²) in [5.74, 6) is -0.186. The molecule has 4 aromatic rings. The van der Waals surface area contributed by atoms with Crippen molar-refractivity contribution < 1.29 is 18.3 Å². The van der Waals surface area contributed by atoms with Gasteiger partial charge in [0.2, 0.25) is 0 Å². The van der Waals surface area contributed by atoms with Gasteiger partial charge in [0.1, 0.15) is 17.5 Å². The van der Waals surface area contributed by atoms with Crippen molar-refractivity contribution in [1.82, 2.24) is 14.9 Å². The summed E-state index contributed by atoms with van der Waals surface area (Å²) < 4.78 is 26.2. The van der Waals surface area contributed by atoms with E-state index < -0.39 is 6.10 Å². The third kappa shape index (κ3) is 3.78. The number of carbonyl (C=O) groups excluding carboxylic acids is 1. The molecule has 1 atom stereocenters. The van der Waals surface area contributed by atoms with Crippen LogP contribution in [0.15, 0.2) is 53.2 Å². The highest BCUT2D eigenvalue weighted by Gasteiger charge is 2.30. The molecule has 1 saturated heterocycles. The Morgan fingerprint density at radius 3 is 2.73 bits per heavy atom. The number of nitrogens with zero attached hydrogens (tertiary/aromatic N) is 3. The second-order valence-corrected chi connectivity index (χ2v) is 8.36. The Labute approximate surface area is 191 Å². The van der Waals surface area contributed by atoms with E-state index in [9.17, 15) is 9.18 Å². The molecule has 0 bridgehead atoms. The van der Waals surface area contributed by atoms with Crippen LogP contribution in [-0.4, -0.2) is 40.5 Å². The van der Waals surface area contributed by atoms with Gasteiger partial charge in [-0.1, -0.05) is 24.3 Å². The molecule has 1 fully saturated rings. The molecule has 2 aromatic heterocycles. The molecule has 1 aliphatic heterocycles. The second kappa shape index (κ2) is 8.41. The highest BCUT2D eigenvalue weighted by Crippen LogP contribution is 2.31. The van der Waals surface area contributed by atoms with Crippen LogP contribution >= 0.6 is 0 Å². The van der Waals surface area contributed by atoms with Crippen LogP contribution in [0.25, 0.3) is 22.2 Å².